The number of aliphatic hydroxyl groups is 1. The summed E-state index contributed by atoms with van der Waals surface area (Å²) in [5.41, 5.74) is 5.69. The van der Waals surface area contributed by atoms with Crippen LogP contribution in [0.25, 0.3) is 0 Å². The molecule has 0 atom stereocenters. The number of nitrogens with two attached hydrogens (primary N) is 2. The minimum Gasteiger partial charge on any atom is -0.395 e. The van der Waals surface area contributed by atoms with Crippen LogP contribution in [0, 0.1) is 11.6 Å². The highest BCUT2D eigenvalue weighted by atomic mass is 35.5. The molecule has 0 bridgehead atoms. The zero-order valence-electron chi connectivity index (χ0n) is 31.7. The molecular formula is C37H43Cl2F4N5O5. The molecule has 0 saturated carbocycles. The van der Waals surface area contributed by atoms with Gasteiger partial charge in [0.1, 0.15) is 23.0 Å². The Morgan fingerprint density at radius 3 is 1.47 bits per heavy atom. The van der Waals surface area contributed by atoms with E-state index in [1.54, 1.807) is 12.1 Å². The monoisotopic (exact) mass is 787 g/mol. The van der Waals surface area contributed by atoms with Crippen LogP contribution in [-0.2, 0) is 0 Å². The Hall–Kier alpha value is -4.08. The van der Waals surface area contributed by atoms with Crippen molar-refractivity contribution in [1.82, 2.24) is 14.7 Å². The van der Waals surface area contributed by atoms with Crippen molar-refractivity contribution in [1.29, 1.82) is 0 Å². The first-order chi connectivity index (χ1) is 26.1. The first-order valence-corrected chi connectivity index (χ1v) is 16.8. The van der Waals surface area contributed by atoms with Gasteiger partial charge in [-0.2, -0.15) is 0 Å². The molecule has 10 nitrogen and oxygen atoms in total. The maximum atomic E-state index is 15.8. The number of halogens is 6. The maximum Gasteiger partial charge on any atom is 0.261 e. The highest BCUT2D eigenvalue weighted by Gasteiger charge is 2.44. The van der Waals surface area contributed by atoms with Gasteiger partial charge in [0.2, 0.25) is 0 Å². The summed E-state index contributed by atoms with van der Waals surface area (Å²) in [7, 11) is 0. The Balaban J connectivity index is 0.000000291. The first-order valence-electron chi connectivity index (χ1n) is 18.1. The molecule has 3 heterocycles. The van der Waals surface area contributed by atoms with E-state index in [1.165, 1.54) is 46.2 Å². The SMILES string of the molecule is C.NCCO.[2H]C([2H])(N)C1(F)CCN(C(=O)c2ccc(F)c(Cl)c2)CC1.[2H]C([2H])(N1C(=O)c2ccccc2C1=O)C1(F)CCN(C(=O)c2ccc(F)c(Cl)c2)CC1. The Morgan fingerprint density at radius 2 is 1.13 bits per heavy atom. The topological polar surface area (TPSA) is 150 Å². The van der Waals surface area contributed by atoms with Crippen LogP contribution in [0.3, 0.4) is 0 Å². The summed E-state index contributed by atoms with van der Waals surface area (Å²) in [4.78, 5) is 53.2. The summed E-state index contributed by atoms with van der Waals surface area (Å²) in [5.74, 6) is -3.95. The molecule has 4 amide bonds. The molecule has 288 valence electrons. The Bertz CT molecular complexity index is 1930. The van der Waals surface area contributed by atoms with Gasteiger partial charge < -0.3 is 26.4 Å². The van der Waals surface area contributed by atoms with Crippen molar-refractivity contribution in [3.63, 3.8) is 0 Å². The molecule has 3 aromatic carbocycles. The fourth-order valence-corrected chi connectivity index (χ4v) is 5.86. The lowest BCUT2D eigenvalue weighted by atomic mass is 9.92. The van der Waals surface area contributed by atoms with Crippen LogP contribution in [0.15, 0.2) is 60.7 Å². The van der Waals surface area contributed by atoms with Gasteiger partial charge >= 0.3 is 0 Å². The third-order valence-electron chi connectivity index (χ3n) is 8.51. The van der Waals surface area contributed by atoms with Gasteiger partial charge in [-0.05, 0) is 48.5 Å². The van der Waals surface area contributed by atoms with Crippen molar-refractivity contribution < 1.29 is 47.3 Å². The van der Waals surface area contributed by atoms with E-state index in [1.807, 2.05) is 0 Å². The second-order valence-corrected chi connectivity index (χ2v) is 12.8. The summed E-state index contributed by atoms with van der Waals surface area (Å²) in [6.07, 6.45) is -1.21. The molecule has 2 fully saturated rings. The zero-order chi connectivity index (χ0) is 41.8. The van der Waals surface area contributed by atoms with E-state index in [-0.39, 0.29) is 85.4 Å². The predicted molar refractivity (Wildman–Crippen MR) is 195 cm³/mol. The summed E-state index contributed by atoms with van der Waals surface area (Å²) < 4.78 is 87.9. The van der Waals surface area contributed by atoms with Crippen LogP contribution >= 0.6 is 23.2 Å². The highest BCUT2D eigenvalue weighted by molar-refractivity contribution is 6.31. The number of alkyl halides is 2. The highest BCUT2D eigenvalue weighted by Crippen LogP contribution is 2.33. The molecule has 0 unspecified atom stereocenters. The second-order valence-electron chi connectivity index (χ2n) is 12.0. The first kappa shape index (κ1) is 37.2. The summed E-state index contributed by atoms with van der Waals surface area (Å²) in [6, 6.07) is 13.0. The molecular weight excluding hydrogens is 741 g/mol. The quantitative estimate of drug-likeness (QED) is 0.215. The smallest absolute Gasteiger partial charge is 0.261 e. The number of nitrogens with zero attached hydrogens (tertiary/aromatic N) is 3. The molecule has 0 aliphatic carbocycles. The third kappa shape index (κ3) is 10.5. The summed E-state index contributed by atoms with van der Waals surface area (Å²) >= 11 is 11.3. The number of amides is 4. The van der Waals surface area contributed by atoms with Crippen molar-refractivity contribution in [3.8, 4) is 0 Å². The number of rotatable bonds is 6. The van der Waals surface area contributed by atoms with Gasteiger partial charge in [-0.25, -0.2) is 17.6 Å². The zero-order valence-corrected chi connectivity index (χ0v) is 29.2. The molecule has 2 saturated heterocycles. The molecule has 3 aliphatic heterocycles. The van der Waals surface area contributed by atoms with Gasteiger partial charge in [0.15, 0.2) is 0 Å². The number of imide groups is 1. The van der Waals surface area contributed by atoms with Crippen LogP contribution in [0.5, 0.6) is 0 Å². The molecule has 0 spiro atoms. The number of carbonyl (C=O) groups excluding carboxylic acids is 4. The number of piperidine rings is 2. The van der Waals surface area contributed by atoms with E-state index < -0.39 is 72.4 Å². The van der Waals surface area contributed by atoms with Crippen molar-refractivity contribution in [2.45, 2.75) is 44.4 Å². The fourth-order valence-electron chi connectivity index (χ4n) is 5.50. The van der Waals surface area contributed by atoms with E-state index >= 15 is 4.39 Å². The average Bonchev–Trinajstić information content (AvgIpc) is 3.43. The number of benzene rings is 3. The van der Waals surface area contributed by atoms with Gasteiger partial charge in [0, 0.05) is 78.8 Å². The van der Waals surface area contributed by atoms with E-state index in [0.717, 1.165) is 12.1 Å². The Kier molecular flexibility index (Phi) is 13.2. The van der Waals surface area contributed by atoms with Gasteiger partial charge in [-0.3, -0.25) is 24.1 Å². The standard InChI is InChI=1S/C21H17ClF2N2O3.C13H15ClF2N2O.C2H7NO.CH4/c22-16-11-13(5-6-17(16)23)18(27)25-9-7-21(24,8-10-25)12-26-19(28)14-3-1-2-4-15(14)20(26)29;14-10-7-9(1-2-11(10)15)12(19)18-5-3-13(16,8-17)4-6-18;3-1-2-4;/h1-6,11H,7-10,12H2;1-2,7H,3-6,8,17H2;4H,1-3H2;1H4/i12D2;8D2;;. The van der Waals surface area contributed by atoms with Crippen LogP contribution in [0.4, 0.5) is 17.6 Å². The van der Waals surface area contributed by atoms with Crippen LogP contribution in [0.1, 0.15) is 80.0 Å². The van der Waals surface area contributed by atoms with E-state index in [0.29, 0.717) is 11.4 Å². The van der Waals surface area contributed by atoms with Crippen LogP contribution < -0.4 is 11.5 Å². The summed E-state index contributed by atoms with van der Waals surface area (Å²) in [6.45, 7) is -5.09. The lowest BCUT2D eigenvalue weighted by Gasteiger charge is -2.38. The van der Waals surface area contributed by atoms with Crippen LogP contribution in [0.2, 0.25) is 10.0 Å². The van der Waals surface area contributed by atoms with Crippen LogP contribution in [-0.4, -0.2) is 107 Å². The van der Waals surface area contributed by atoms with Crippen molar-refractivity contribution in [2.24, 2.45) is 11.5 Å². The number of carbonyl (C=O) groups is 4. The number of likely N-dealkylation sites (tertiary alicyclic amines) is 2. The summed E-state index contributed by atoms with van der Waals surface area (Å²) in [5, 5.41) is 7.38. The normalized spacial score (nSPS) is 18.8. The molecule has 53 heavy (non-hydrogen) atoms. The number of fused-ring (bicyclic) bond motifs is 1. The third-order valence-corrected chi connectivity index (χ3v) is 9.09. The molecule has 0 radical (unpaired) electrons. The van der Waals surface area contributed by atoms with E-state index in [9.17, 15) is 32.3 Å². The number of aliphatic hydroxyl groups excluding tert-OH is 1. The lowest BCUT2D eigenvalue weighted by Crippen LogP contribution is -2.50. The molecule has 3 aromatic rings. The minimum absolute atomic E-state index is 0. The number of hydrogen-bond acceptors (Lipinski definition) is 7. The lowest BCUT2D eigenvalue weighted by molar-refractivity contribution is 0.0215. The van der Waals surface area contributed by atoms with Crippen molar-refractivity contribution in [2.75, 3.05) is 52.3 Å². The fraction of sp³-hybridized carbons (Fsp3) is 0.405. The number of hydrogen-bond donors (Lipinski definition) is 3. The molecule has 0 aromatic heterocycles. The van der Waals surface area contributed by atoms with Crippen molar-refractivity contribution >= 4 is 46.8 Å². The minimum atomic E-state index is -2.91. The second kappa shape index (κ2) is 18.8. The Morgan fingerprint density at radius 1 is 0.755 bits per heavy atom. The van der Waals surface area contributed by atoms with Gasteiger partial charge in [-0.1, -0.05) is 42.8 Å². The van der Waals surface area contributed by atoms with E-state index in [4.69, 9.17) is 45.3 Å². The maximum absolute atomic E-state index is 15.8. The van der Waals surface area contributed by atoms with Gasteiger partial charge in [0.05, 0.1) is 37.0 Å². The molecule has 6 rings (SSSR count). The Labute approximate surface area is 321 Å². The van der Waals surface area contributed by atoms with Gasteiger partial charge in [-0.15, -0.1) is 0 Å². The van der Waals surface area contributed by atoms with Gasteiger partial charge in [0.25, 0.3) is 23.6 Å². The predicted octanol–water partition coefficient (Wildman–Crippen LogP) is 5.68. The van der Waals surface area contributed by atoms with E-state index in [2.05, 4.69) is 0 Å². The molecule has 3 aliphatic rings. The molecule has 5 N–H and O–H groups in total. The molecule has 16 heteroatoms. The largest absolute Gasteiger partial charge is 0.395 e. The average molecular weight is 789 g/mol. The van der Waals surface area contributed by atoms with Crippen molar-refractivity contribution in [3.05, 3.63) is 105 Å².